The maximum atomic E-state index is 10.9. The van der Waals surface area contributed by atoms with Crippen molar-refractivity contribution in [2.75, 3.05) is 31.5 Å². The lowest BCUT2D eigenvalue weighted by Crippen LogP contribution is -2.45. The summed E-state index contributed by atoms with van der Waals surface area (Å²) in [5.41, 5.74) is 3.19. The predicted molar refractivity (Wildman–Crippen MR) is 108 cm³/mol. The second-order valence-electron chi connectivity index (χ2n) is 7.70. The molecule has 0 spiro atoms. The van der Waals surface area contributed by atoms with Crippen LogP contribution in [-0.2, 0) is 0 Å². The number of aromatic nitrogens is 3. The van der Waals surface area contributed by atoms with E-state index in [0.29, 0.717) is 25.0 Å². The summed E-state index contributed by atoms with van der Waals surface area (Å²) in [4.78, 5) is 25.2. The second-order valence-corrected chi connectivity index (χ2v) is 7.70. The first-order valence-corrected chi connectivity index (χ1v) is 10.1. The van der Waals surface area contributed by atoms with Gasteiger partial charge in [0.15, 0.2) is 5.82 Å². The summed E-state index contributed by atoms with van der Waals surface area (Å²) >= 11 is 0. The van der Waals surface area contributed by atoms with Crippen molar-refractivity contribution in [2.45, 2.75) is 44.6 Å². The molecule has 0 radical (unpaired) electrons. The Morgan fingerprint density at radius 2 is 2.00 bits per heavy atom. The maximum Gasteiger partial charge on any atom is 0.407 e. The van der Waals surface area contributed by atoms with E-state index in [9.17, 15) is 4.79 Å². The van der Waals surface area contributed by atoms with Gasteiger partial charge in [-0.05, 0) is 44.7 Å². The van der Waals surface area contributed by atoms with E-state index in [0.717, 1.165) is 49.0 Å². The van der Waals surface area contributed by atoms with Crippen molar-refractivity contribution in [3.05, 3.63) is 29.6 Å². The number of imidazole rings is 1. The average Bonchev–Trinajstić information content (AvgIpc) is 3.47. The summed E-state index contributed by atoms with van der Waals surface area (Å²) in [7, 11) is 0. The molecule has 28 heavy (non-hydrogen) atoms. The smallest absolute Gasteiger partial charge is 0.407 e. The van der Waals surface area contributed by atoms with E-state index in [-0.39, 0.29) is 0 Å². The molecular weight excluding hydrogens is 356 g/mol. The van der Waals surface area contributed by atoms with Crippen molar-refractivity contribution in [1.29, 1.82) is 0 Å². The van der Waals surface area contributed by atoms with Crippen LogP contribution < -0.4 is 10.6 Å². The Balaban J connectivity index is 1.25. The Labute approximate surface area is 164 Å². The van der Waals surface area contributed by atoms with Gasteiger partial charge in [0.05, 0.1) is 5.69 Å². The number of amides is 1. The number of nitrogens with one attached hydrogen (secondary N) is 3. The van der Waals surface area contributed by atoms with Crippen LogP contribution in [0.5, 0.6) is 0 Å². The highest BCUT2D eigenvalue weighted by Crippen LogP contribution is 2.41. The predicted octanol–water partition coefficient (Wildman–Crippen LogP) is 2.80. The van der Waals surface area contributed by atoms with Crippen molar-refractivity contribution >= 4 is 11.9 Å². The highest BCUT2D eigenvalue weighted by atomic mass is 16.4. The Morgan fingerprint density at radius 3 is 2.71 bits per heavy atom. The molecule has 0 bridgehead atoms. The number of rotatable bonds is 7. The van der Waals surface area contributed by atoms with Crippen LogP contribution in [0.15, 0.2) is 18.2 Å². The van der Waals surface area contributed by atoms with Crippen molar-refractivity contribution in [2.24, 2.45) is 0 Å². The van der Waals surface area contributed by atoms with Crippen LogP contribution >= 0.6 is 0 Å². The topological polar surface area (TPSA) is 106 Å². The number of carbonyl (C=O) groups is 1. The lowest BCUT2D eigenvalue weighted by Gasteiger charge is -2.30. The quantitative estimate of drug-likeness (QED) is 0.547. The Morgan fingerprint density at radius 1 is 1.21 bits per heavy atom. The highest BCUT2D eigenvalue weighted by Gasteiger charge is 2.28. The molecule has 1 aliphatic heterocycles. The number of hydrogen-bond donors (Lipinski definition) is 4. The molecule has 0 aromatic carbocycles. The first-order valence-electron chi connectivity index (χ1n) is 10.1. The molecule has 2 aromatic rings. The zero-order valence-corrected chi connectivity index (χ0v) is 16.2. The van der Waals surface area contributed by atoms with E-state index >= 15 is 0 Å². The highest BCUT2D eigenvalue weighted by molar-refractivity contribution is 5.65. The van der Waals surface area contributed by atoms with Crippen molar-refractivity contribution in [1.82, 2.24) is 25.2 Å². The van der Waals surface area contributed by atoms with Gasteiger partial charge in [0.1, 0.15) is 11.5 Å². The molecule has 1 aliphatic carbocycles. The van der Waals surface area contributed by atoms with Crippen LogP contribution in [0.4, 0.5) is 10.6 Å². The monoisotopic (exact) mass is 384 g/mol. The van der Waals surface area contributed by atoms with Gasteiger partial charge < -0.3 is 25.6 Å². The van der Waals surface area contributed by atoms with Gasteiger partial charge in [-0.15, -0.1) is 0 Å². The standard InChI is InChI=1S/C20H28N6O2/c1-13-18(14-5-6-14)25-19(23-13)16-3-2-4-17(24-16)22-10-9-21-15-7-11-26(12-8-15)20(27)28/h2-4,14-15,21H,5-12H2,1H3,(H,22,24)(H,23,25)(H,27,28). The van der Waals surface area contributed by atoms with Gasteiger partial charge in [0.25, 0.3) is 0 Å². The number of nitrogens with zero attached hydrogens (tertiary/aromatic N) is 3. The van der Waals surface area contributed by atoms with Crippen LogP contribution in [-0.4, -0.2) is 63.3 Å². The van der Waals surface area contributed by atoms with Crippen LogP contribution in [0.2, 0.25) is 0 Å². The minimum absolute atomic E-state index is 0.378. The van der Waals surface area contributed by atoms with E-state index in [1.165, 1.54) is 23.4 Å². The zero-order chi connectivity index (χ0) is 19.5. The minimum atomic E-state index is -0.818. The second kappa shape index (κ2) is 8.18. The average molecular weight is 384 g/mol. The largest absolute Gasteiger partial charge is 0.465 e. The molecule has 2 fully saturated rings. The number of carboxylic acid groups (broad SMARTS) is 1. The van der Waals surface area contributed by atoms with Crippen LogP contribution in [0.3, 0.4) is 0 Å². The molecule has 2 aromatic heterocycles. The van der Waals surface area contributed by atoms with E-state index in [2.05, 4.69) is 27.5 Å². The number of hydrogen-bond acceptors (Lipinski definition) is 5. The van der Waals surface area contributed by atoms with Crippen LogP contribution in [0.1, 0.15) is 43.0 Å². The number of anilines is 1. The van der Waals surface area contributed by atoms with E-state index < -0.39 is 6.09 Å². The Hall–Kier alpha value is -2.61. The fourth-order valence-corrected chi connectivity index (χ4v) is 3.76. The van der Waals surface area contributed by atoms with Crippen LogP contribution in [0, 0.1) is 6.92 Å². The van der Waals surface area contributed by atoms with E-state index in [4.69, 9.17) is 10.1 Å². The molecule has 0 atom stereocenters. The van der Waals surface area contributed by atoms with Gasteiger partial charge >= 0.3 is 6.09 Å². The molecule has 150 valence electrons. The molecule has 8 nitrogen and oxygen atoms in total. The Bertz CT molecular complexity index is 824. The normalized spacial score (nSPS) is 17.7. The van der Waals surface area contributed by atoms with E-state index in [1.54, 1.807) is 0 Å². The maximum absolute atomic E-state index is 10.9. The van der Waals surface area contributed by atoms with Gasteiger partial charge in [-0.2, -0.15) is 0 Å². The van der Waals surface area contributed by atoms with Gasteiger partial charge in [-0.1, -0.05) is 6.07 Å². The lowest BCUT2D eigenvalue weighted by molar-refractivity contribution is 0.129. The molecule has 4 N–H and O–H groups in total. The number of pyridine rings is 1. The van der Waals surface area contributed by atoms with Gasteiger partial charge in [0, 0.05) is 43.8 Å². The summed E-state index contributed by atoms with van der Waals surface area (Å²) in [6.07, 6.45) is 3.38. The Kier molecular flexibility index (Phi) is 5.47. The summed E-state index contributed by atoms with van der Waals surface area (Å²) < 4.78 is 0. The number of aryl methyl sites for hydroxylation is 1. The van der Waals surface area contributed by atoms with Crippen molar-refractivity contribution in [3.8, 4) is 11.5 Å². The van der Waals surface area contributed by atoms with E-state index in [1.807, 2.05) is 18.2 Å². The first kappa shape index (κ1) is 18.7. The molecule has 4 rings (SSSR count). The fraction of sp³-hybridized carbons (Fsp3) is 0.550. The molecule has 1 saturated carbocycles. The summed E-state index contributed by atoms with van der Waals surface area (Å²) in [6.45, 7) is 4.87. The molecule has 8 heteroatoms. The summed E-state index contributed by atoms with van der Waals surface area (Å²) in [5.74, 6) is 2.30. The lowest BCUT2D eigenvalue weighted by atomic mass is 10.1. The SMILES string of the molecule is Cc1[nH]c(-c2cccc(NCCNC3CCN(C(=O)O)CC3)n2)nc1C1CC1. The van der Waals surface area contributed by atoms with Crippen molar-refractivity contribution < 1.29 is 9.90 Å². The molecule has 1 saturated heterocycles. The van der Waals surface area contributed by atoms with Crippen molar-refractivity contribution in [3.63, 3.8) is 0 Å². The number of piperidine rings is 1. The third-order valence-electron chi connectivity index (χ3n) is 5.51. The number of H-pyrrole nitrogens is 1. The van der Waals surface area contributed by atoms with Crippen LogP contribution in [0.25, 0.3) is 11.5 Å². The van der Waals surface area contributed by atoms with Gasteiger partial charge in [0.2, 0.25) is 0 Å². The first-order chi connectivity index (χ1) is 13.6. The number of aromatic amines is 1. The summed E-state index contributed by atoms with van der Waals surface area (Å²) in [6, 6.07) is 6.32. The fourth-order valence-electron chi connectivity index (χ4n) is 3.76. The molecule has 2 aliphatic rings. The zero-order valence-electron chi connectivity index (χ0n) is 16.2. The summed E-state index contributed by atoms with van der Waals surface area (Å²) in [5, 5.41) is 15.9. The molecule has 3 heterocycles. The third kappa shape index (κ3) is 4.44. The molecular formula is C20H28N6O2. The molecule has 1 amide bonds. The number of likely N-dealkylation sites (tertiary alicyclic amines) is 1. The third-order valence-corrected chi connectivity index (χ3v) is 5.51. The van der Waals surface area contributed by atoms with Gasteiger partial charge in [-0.25, -0.2) is 14.8 Å². The minimum Gasteiger partial charge on any atom is -0.465 e. The van der Waals surface area contributed by atoms with Gasteiger partial charge in [-0.3, -0.25) is 0 Å². The molecule has 0 unspecified atom stereocenters.